The van der Waals surface area contributed by atoms with Gasteiger partial charge in [-0.15, -0.1) is 0 Å². The van der Waals surface area contributed by atoms with Gasteiger partial charge in [0.25, 0.3) is 0 Å². The van der Waals surface area contributed by atoms with Crippen molar-refractivity contribution in [2.75, 3.05) is 0 Å². The van der Waals surface area contributed by atoms with Crippen molar-refractivity contribution in [1.29, 1.82) is 0 Å². The summed E-state index contributed by atoms with van der Waals surface area (Å²) in [6, 6.07) is 10.0. The Balaban J connectivity index is 2.29. The van der Waals surface area contributed by atoms with E-state index in [9.17, 15) is 13.2 Å². The lowest BCUT2D eigenvalue weighted by molar-refractivity contribution is 0.500. The van der Waals surface area contributed by atoms with Gasteiger partial charge in [-0.2, -0.15) is 0 Å². The molecule has 0 spiro atoms. The molecule has 0 heterocycles. The van der Waals surface area contributed by atoms with Gasteiger partial charge in [0, 0.05) is 5.56 Å². The fourth-order valence-corrected chi connectivity index (χ4v) is 2.53. The summed E-state index contributed by atoms with van der Waals surface area (Å²) in [4.78, 5) is 0. The van der Waals surface area contributed by atoms with E-state index in [1.807, 2.05) is 13.8 Å². The van der Waals surface area contributed by atoms with Crippen LogP contribution in [0.5, 0.6) is 0 Å². The molecule has 2 aromatic rings. The van der Waals surface area contributed by atoms with E-state index < -0.39 is 11.6 Å². The van der Waals surface area contributed by atoms with Crippen LogP contribution < -0.4 is 0 Å². The van der Waals surface area contributed by atoms with Crippen LogP contribution in [0.1, 0.15) is 44.2 Å². The first-order chi connectivity index (χ1) is 11.1. The highest BCUT2D eigenvalue weighted by molar-refractivity contribution is 5.67. The molecule has 0 saturated carbocycles. The lowest BCUT2D eigenvalue weighted by Gasteiger charge is -2.08. The standard InChI is InChI=1S/C20H21F3/c1-3-5-16-11-12-18(20(23)19(16)22)15-9-7-14(8-10-15)13-17(21)6-4-2/h7-13H,3-6H2,1-2H3/b17-13-. The molecule has 0 aromatic heterocycles. The highest BCUT2D eigenvalue weighted by Crippen LogP contribution is 2.27. The van der Waals surface area contributed by atoms with Crippen molar-refractivity contribution < 1.29 is 13.2 Å². The largest absolute Gasteiger partial charge is 0.212 e. The van der Waals surface area contributed by atoms with Gasteiger partial charge in [-0.25, -0.2) is 13.2 Å². The topological polar surface area (TPSA) is 0 Å². The van der Waals surface area contributed by atoms with Gasteiger partial charge >= 0.3 is 0 Å². The molecule has 0 amide bonds. The SMILES string of the molecule is CCC/C(F)=C/c1ccc(-c2ccc(CCC)c(F)c2F)cc1. The van der Waals surface area contributed by atoms with E-state index in [1.165, 1.54) is 6.08 Å². The number of aryl methyl sites for hydroxylation is 1. The summed E-state index contributed by atoms with van der Waals surface area (Å²) in [6.07, 6.45) is 3.90. The summed E-state index contributed by atoms with van der Waals surface area (Å²) >= 11 is 0. The Morgan fingerprint density at radius 1 is 0.913 bits per heavy atom. The highest BCUT2D eigenvalue weighted by Gasteiger charge is 2.14. The van der Waals surface area contributed by atoms with E-state index in [0.29, 0.717) is 29.5 Å². The summed E-state index contributed by atoms with van der Waals surface area (Å²) in [5.41, 5.74) is 1.92. The molecule has 122 valence electrons. The molecule has 0 unspecified atom stereocenters. The van der Waals surface area contributed by atoms with Gasteiger partial charge in [0.15, 0.2) is 11.6 Å². The second-order valence-electron chi connectivity index (χ2n) is 5.61. The number of benzene rings is 2. The zero-order chi connectivity index (χ0) is 16.8. The maximum absolute atomic E-state index is 14.2. The molecule has 0 radical (unpaired) electrons. The third-order valence-electron chi connectivity index (χ3n) is 3.72. The van der Waals surface area contributed by atoms with Crippen molar-refractivity contribution in [2.24, 2.45) is 0 Å². The molecule has 3 heteroatoms. The minimum atomic E-state index is -0.823. The number of hydrogen-bond acceptors (Lipinski definition) is 0. The quantitative estimate of drug-likeness (QED) is 0.556. The van der Waals surface area contributed by atoms with Crippen LogP contribution in [0.4, 0.5) is 13.2 Å². The Morgan fingerprint density at radius 2 is 1.61 bits per heavy atom. The molecule has 0 N–H and O–H groups in total. The van der Waals surface area contributed by atoms with Crippen molar-refractivity contribution in [2.45, 2.75) is 39.5 Å². The summed E-state index contributed by atoms with van der Waals surface area (Å²) in [5.74, 6) is -1.78. The number of rotatable bonds is 6. The third-order valence-corrected chi connectivity index (χ3v) is 3.72. The minimum absolute atomic E-state index is 0.179. The normalized spacial score (nSPS) is 11.8. The molecule has 2 aromatic carbocycles. The summed E-state index contributed by atoms with van der Waals surface area (Å²) in [5, 5.41) is 0. The van der Waals surface area contributed by atoms with Gasteiger partial charge in [-0.05, 0) is 42.0 Å². The van der Waals surface area contributed by atoms with E-state index in [1.54, 1.807) is 36.4 Å². The van der Waals surface area contributed by atoms with E-state index in [4.69, 9.17) is 0 Å². The van der Waals surface area contributed by atoms with Gasteiger partial charge in [-0.1, -0.05) is 56.7 Å². The Kier molecular flexibility index (Phi) is 6.03. The van der Waals surface area contributed by atoms with Crippen molar-refractivity contribution in [3.63, 3.8) is 0 Å². The molecule has 0 aliphatic rings. The fourth-order valence-electron chi connectivity index (χ4n) is 2.53. The van der Waals surface area contributed by atoms with Gasteiger partial charge < -0.3 is 0 Å². The summed E-state index contributed by atoms with van der Waals surface area (Å²) in [7, 11) is 0. The van der Waals surface area contributed by atoms with Crippen LogP contribution in [0.25, 0.3) is 17.2 Å². The van der Waals surface area contributed by atoms with Crippen LogP contribution in [-0.4, -0.2) is 0 Å². The minimum Gasteiger partial charge on any atom is -0.212 e. The Hall–Kier alpha value is -2.03. The lowest BCUT2D eigenvalue weighted by Crippen LogP contribution is -1.97. The van der Waals surface area contributed by atoms with Gasteiger partial charge in [-0.3, -0.25) is 0 Å². The highest BCUT2D eigenvalue weighted by atomic mass is 19.2. The first-order valence-corrected chi connectivity index (χ1v) is 8.00. The predicted octanol–water partition coefficient (Wildman–Crippen LogP) is 6.69. The molecule has 0 aliphatic heterocycles. The summed E-state index contributed by atoms with van der Waals surface area (Å²) in [6.45, 7) is 3.84. The maximum atomic E-state index is 14.2. The van der Waals surface area contributed by atoms with Crippen LogP contribution in [0, 0.1) is 11.6 Å². The summed E-state index contributed by atoms with van der Waals surface area (Å²) < 4.78 is 41.8. The average Bonchev–Trinajstić information content (AvgIpc) is 2.53. The average molecular weight is 318 g/mol. The zero-order valence-electron chi connectivity index (χ0n) is 13.5. The molecule has 0 fully saturated rings. The molecule has 23 heavy (non-hydrogen) atoms. The van der Waals surface area contributed by atoms with Crippen LogP contribution >= 0.6 is 0 Å². The monoisotopic (exact) mass is 318 g/mol. The van der Waals surface area contributed by atoms with E-state index >= 15 is 0 Å². The second-order valence-corrected chi connectivity index (χ2v) is 5.61. The zero-order valence-corrected chi connectivity index (χ0v) is 13.5. The molecule has 0 atom stereocenters. The Bertz CT molecular complexity index is 685. The Labute approximate surface area is 135 Å². The molecule has 0 bridgehead atoms. The molecule has 2 rings (SSSR count). The van der Waals surface area contributed by atoms with E-state index in [2.05, 4.69) is 0 Å². The van der Waals surface area contributed by atoms with Crippen LogP contribution in [0.15, 0.2) is 42.2 Å². The molecule has 0 nitrogen and oxygen atoms in total. The third kappa shape index (κ3) is 4.25. The Morgan fingerprint density at radius 3 is 2.22 bits per heavy atom. The van der Waals surface area contributed by atoms with Gasteiger partial charge in [0.05, 0.1) is 0 Å². The first-order valence-electron chi connectivity index (χ1n) is 8.00. The number of allylic oxidation sites excluding steroid dienone is 1. The van der Waals surface area contributed by atoms with Crippen molar-refractivity contribution >= 4 is 6.08 Å². The molecule has 0 saturated heterocycles. The number of hydrogen-bond donors (Lipinski definition) is 0. The first kappa shape index (κ1) is 17.3. The van der Waals surface area contributed by atoms with Crippen LogP contribution in [0.2, 0.25) is 0 Å². The molecular weight excluding hydrogens is 297 g/mol. The van der Waals surface area contributed by atoms with Gasteiger partial charge in [0.2, 0.25) is 0 Å². The van der Waals surface area contributed by atoms with Crippen molar-refractivity contribution in [3.8, 4) is 11.1 Å². The smallest absolute Gasteiger partial charge is 0.166 e. The van der Waals surface area contributed by atoms with Crippen LogP contribution in [-0.2, 0) is 6.42 Å². The molecule has 0 aliphatic carbocycles. The maximum Gasteiger partial charge on any atom is 0.166 e. The van der Waals surface area contributed by atoms with E-state index in [0.717, 1.165) is 12.8 Å². The molecular formula is C20H21F3. The van der Waals surface area contributed by atoms with Crippen molar-refractivity contribution in [1.82, 2.24) is 0 Å². The van der Waals surface area contributed by atoms with Gasteiger partial charge in [0.1, 0.15) is 5.83 Å². The fraction of sp³-hybridized carbons (Fsp3) is 0.300. The van der Waals surface area contributed by atoms with Crippen molar-refractivity contribution in [3.05, 3.63) is 65.0 Å². The predicted molar refractivity (Wildman–Crippen MR) is 89.8 cm³/mol. The van der Waals surface area contributed by atoms with Crippen LogP contribution in [0.3, 0.4) is 0 Å². The second kappa shape index (κ2) is 8.00. The lowest BCUT2D eigenvalue weighted by atomic mass is 9.99. The number of halogens is 3. The van der Waals surface area contributed by atoms with E-state index in [-0.39, 0.29) is 11.4 Å².